The molecule has 0 saturated carbocycles. The average molecular weight is 765 g/mol. The molecule has 0 radical (unpaired) electrons. The Hall–Kier alpha value is -7.94. The summed E-state index contributed by atoms with van der Waals surface area (Å²) in [6, 6.07) is 87.9. The number of para-hydroxylation sites is 4. The normalized spacial score (nSPS) is 11.3. The van der Waals surface area contributed by atoms with Crippen molar-refractivity contribution in [3.8, 4) is 50.2 Å². The summed E-state index contributed by atoms with van der Waals surface area (Å²) in [5.74, 6) is 0. The zero-order chi connectivity index (χ0) is 39.8. The molecule has 0 amide bonds. The third-order valence-corrected chi connectivity index (χ3v) is 11.8. The summed E-state index contributed by atoms with van der Waals surface area (Å²) < 4.78 is 2.38. The van der Waals surface area contributed by atoms with E-state index in [0.29, 0.717) is 0 Å². The highest BCUT2D eigenvalue weighted by atomic mass is 15.1. The number of benzene rings is 10. The molecule has 1 aromatic heterocycles. The summed E-state index contributed by atoms with van der Waals surface area (Å²) in [6.45, 7) is 0. The van der Waals surface area contributed by atoms with Crippen molar-refractivity contribution in [3.63, 3.8) is 0 Å². The van der Waals surface area contributed by atoms with Gasteiger partial charge < -0.3 is 9.47 Å². The van der Waals surface area contributed by atoms with Crippen LogP contribution in [0.25, 0.3) is 82.8 Å². The summed E-state index contributed by atoms with van der Waals surface area (Å²) >= 11 is 0. The summed E-state index contributed by atoms with van der Waals surface area (Å²) in [5, 5.41) is 5.02. The number of hydrogen-bond donors (Lipinski definition) is 0. The van der Waals surface area contributed by atoms with Crippen molar-refractivity contribution in [1.82, 2.24) is 4.57 Å². The number of fused-ring (bicyclic) bond motifs is 4. The minimum atomic E-state index is 1.08. The van der Waals surface area contributed by atoms with Crippen LogP contribution in [0, 0.1) is 0 Å². The predicted octanol–water partition coefficient (Wildman–Crippen LogP) is 16.1. The van der Waals surface area contributed by atoms with Gasteiger partial charge in [0, 0.05) is 33.3 Å². The van der Waals surface area contributed by atoms with Gasteiger partial charge in [-0.25, -0.2) is 0 Å². The molecule has 0 aliphatic rings. The van der Waals surface area contributed by atoms with Gasteiger partial charge in [-0.1, -0.05) is 194 Å². The molecule has 282 valence electrons. The van der Waals surface area contributed by atoms with Crippen molar-refractivity contribution < 1.29 is 0 Å². The summed E-state index contributed by atoms with van der Waals surface area (Å²) in [4.78, 5) is 2.43. The number of anilines is 3. The number of rotatable bonds is 8. The molecule has 0 fully saturated rings. The molecule has 0 spiro atoms. The fourth-order valence-corrected chi connectivity index (χ4v) is 8.96. The summed E-state index contributed by atoms with van der Waals surface area (Å²) in [6.07, 6.45) is 0. The Balaban J connectivity index is 1.05. The lowest BCUT2D eigenvalue weighted by molar-refractivity contribution is 1.18. The molecule has 0 aliphatic carbocycles. The SMILES string of the molecule is c1ccc(-c2ccc(-c3ccccc3N(c3ccc(-c4cccc5ccccc45)cc3)c3ccccc3-c3ccc(-n4c5ccccc5c5ccccc54)cc3)cc2)cc1. The molecule has 2 nitrogen and oxygen atoms in total. The molecule has 0 saturated heterocycles. The summed E-state index contributed by atoms with van der Waals surface area (Å²) in [7, 11) is 0. The van der Waals surface area contributed by atoms with Gasteiger partial charge in [-0.05, 0) is 92.7 Å². The second kappa shape index (κ2) is 15.1. The Morgan fingerprint density at radius 1 is 0.267 bits per heavy atom. The van der Waals surface area contributed by atoms with Crippen molar-refractivity contribution in [2.45, 2.75) is 0 Å². The largest absolute Gasteiger partial charge is 0.309 e. The predicted molar refractivity (Wildman–Crippen MR) is 255 cm³/mol. The highest BCUT2D eigenvalue weighted by Gasteiger charge is 2.21. The van der Waals surface area contributed by atoms with Crippen LogP contribution in [0.1, 0.15) is 0 Å². The van der Waals surface area contributed by atoms with E-state index in [-0.39, 0.29) is 0 Å². The van der Waals surface area contributed by atoms with Crippen molar-refractivity contribution in [2.24, 2.45) is 0 Å². The van der Waals surface area contributed by atoms with Crippen molar-refractivity contribution in [1.29, 1.82) is 0 Å². The topological polar surface area (TPSA) is 8.17 Å². The van der Waals surface area contributed by atoms with Crippen LogP contribution < -0.4 is 4.90 Å². The Morgan fingerprint density at radius 3 is 1.32 bits per heavy atom. The van der Waals surface area contributed by atoms with Gasteiger partial charge in [-0.3, -0.25) is 0 Å². The van der Waals surface area contributed by atoms with Crippen LogP contribution in [-0.4, -0.2) is 4.57 Å². The first-order chi connectivity index (χ1) is 29.8. The Kier molecular flexibility index (Phi) is 8.87. The van der Waals surface area contributed by atoms with E-state index in [9.17, 15) is 0 Å². The van der Waals surface area contributed by atoms with Gasteiger partial charge in [0.25, 0.3) is 0 Å². The van der Waals surface area contributed by atoms with Gasteiger partial charge >= 0.3 is 0 Å². The van der Waals surface area contributed by atoms with E-state index in [4.69, 9.17) is 0 Å². The molecule has 11 rings (SSSR count). The quantitative estimate of drug-likeness (QED) is 0.150. The fourth-order valence-electron chi connectivity index (χ4n) is 8.96. The van der Waals surface area contributed by atoms with Gasteiger partial charge in [-0.2, -0.15) is 0 Å². The lowest BCUT2D eigenvalue weighted by atomic mass is 9.96. The maximum atomic E-state index is 2.43. The van der Waals surface area contributed by atoms with Crippen LogP contribution >= 0.6 is 0 Å². The van der Waals surface area contributed by atoms with Gasteiger partial charge in [0.1, 0.15) is 0 Å². The van der Waals surface area contributed by atoms with Gasteiger partial charge in [0.15, 0.2) is 0 Å². The van der Waals surface area contributed by atoms with Gasteiger partial charge in [-0.15, -0.1) is 0 Å². The maximum absolute atomic E-state index is 2.43. The maximum Gasteiger partial charge on any atom is 0.0541 e. The molecule has 1 heterocycles. The number of hydrogen-bond acceptors (Lipinski definition) is 1. The van der Waals surface area contributed by atoms with Crippen LogP contribution in [0.3, 0.4) is 0 Å². The van der Waals surface area contributed by atoms with E-state index < -0.39 is 0 Å². The average Bonchev–Trinajstić information content (AvgIpc) is 3.67. The lowest BCUT2D eigenvalue weighted by Gasteiger charge is -2.30. The molecule has 10 aromatic carbocycles. The monoisotopic (exact) mass is 764 g/mol. The molecule has 2 heteroatoms. The highest BCUT2D eigenvalue weighted by molar-refractivity contribution is 6.09. The molecular formula is C58H40N2. The van der Waals surface area contributed by atoms with E-state index in [1.807, 2.05) is 0 Å². The zero-order valence-electron chi connectivity index (χ0n) is 33.0. The first-order valence-corrected chi connectivity index (χ1v) is 20.6. The lowest BCUT2D eigenvalue weighted by Crippen LogP contribution is -2.12. The minimum Gasteiger partial charge on any atom is -0.309 e. The van der Waals surface area contributed by atoms with E-state index in [2.05, 4.69) is 252 Å². The van der Waals surface area contributed by atoms with Gasteiger partial charge in [0.05, 0.1) is 22.4 Å². The van der Waals surface area contributed by atoms with Crippen molar-refractivity contribution in [2.75, 3.05) is 4.90 Å². The molecule has 0 atom stereocenters. The smallest absolute Gasteiger partial charge is 0.0541 e. The van der Waals surface area contributed by atoms with Crippen LogP contribution in [0.15, 0.2) is 243 Å². The van der Waals surface area contributed by atoms with E-state index >= 15 is 0 Å². The third-order valence-electron chi connectivity index (χ3n) is 11.8. The molecule has 60 heavy (non-hydrogen) atoms. The molecule has 0 bridgehead atoms. The standard InChI is InChI=1S/C58H40N2/c1-2-15-41(16-3-1)42-29-31-45(32-30-42)51-20-6-10-25-55(51)59(47-37-33-44(34-38-47)50-24-14-18-43-17-4-5-19-49(43)50)56-26-11-7-21-52(56)46-35-39-48(40-36-46)60-57-27-12-8-22-53(57)54-23-9-13-28-58(54)60/h1-40H. The van der Waals surface area contributed by atoms with Crippen LogP contribution in [0.4, 0.5) is 17.1 Å². The van der Waals surface area contributed by atoms with Crippen LogP contribution in [0.5, 0.6) is 0 Å². The van der Waals surface area contributed by atoms with Crippen LogP contribution in [0.2, 0.25) is 0 Å². The van der Waals surface area contributed by atoms with Crippen LogP contribution in [-0.2, 0) is 0 Å². The van der Waals surface area contributed by atoms with E-state index in [0.717, 1.165) is 45.0 Å². The molecule has 0 aliphatic heterocycles. The van der Waals surface area contributed by atoms with E-state index in [1.165, 1.54) is 54.8 Å². The zero-order valence-corrected chi connectivity index (χ0v) is 33.0. The van der Waals surface area contributed by atoms with Gasteiger partial charge in [0.2, 0.25) is 0 Å². The fraction of sp³-hybridized carbons (Fsp3) is 0. The minimum absolute atomic E-state index is 1.08. The Morgan fingerprint density at radius 2 is 0.683 bits per heavy atom. The second-order valence-corrected chi connectivity index (χ2v) is 15.3. The van der Waals surface area contributed by atoms with Crippen molar-refractivity contribution in [3.05, 3.63) is 243 Å². The second-order valence-electron chi connectivity index (χ2n) is 15.3. The number of aromatic nitrogens is 1. The Labute approximate surface area is 350 Å². The first kappa shape index (κ1) is 35.2. The molecule has 0 unspecified atom stereocenters. The molecular weight excluding hydrogens is 725 g/mol. The summed E-state index contributed by atoms with van der Waals surface area (Å²) in [5.41, 5.74) is 16.3. The highest BCUT2D eigenvalue weighted by Crippen LogP contribution is 2.45. The first-order valence-electron chi connectivity index (χ1n) is 20.6. The Bertz CT molecular complexity index is 3230. The van der Waals surface area contributed by atoms with E-state index in [1.54, 1.807) is 0 Å². The van der Waals surface area contributed by atoms with Crippen molar-refractivity contribution >= 4 is 49.6 Å². The molecule has 0 N–H and O–H groups in total. The number of nitrogens with zero attached hydrogens (tertiary/aromatic N) is 2. The third kappa shape index (κ3) is 6.23. The molecule has 11 aromatic rings.